The predicted octanol–water partition coefficient (Wildman–Crippen LogP) is -1.60. The van der Waals surface area contributed by atoms with Gasteiger partial charge in [0, 0.05) is 24.4 Å². The van der Waals surface area contributed by atoms with Crippen LogP contribution in [0, 0.1) is 0 Å². The third-order valence-corrected chi connectivity index (χ3v) is 8.08. The van der Waals surface area contributed by atoms with Crippen LogP contribution in [0.3, 0.4) is 0 Å². The van der Waals surface area contributed by atoms with Crippen molar-refractivity contribution in [2.45, 2.75) is 88.0 Å². The van der Waals surface area contributed by atoms with Crippen LogP contribution in [-0.4, -0.2) is 139 Å². The number of thiol groups is 1. The van der Waals surface area contributed by atoms with E-state index in [4.69, 9.17) is 10.2 Å². The zero-order valence-electron chi connectivity index (χ0n) is 30.6. The molecule has 7 amide bonds. The van der Waals surface area contributed by atoms with Crippen LogP contribution in [0.25, 0.3) is 0 Å². The zero-order chi connectivity index (χ0) is 43.9. The van der Waals surface area contributed by atoms with Gasteiger partial charge in [-0.25, -0.2) is 24.0 Å². The van der Waals surface area contributed by atoms with Crippen LogP contribution in [0.2, 0.25) is 0 Å². The number of nitrogens with one attached hydrogen (secondary N) is 7. The fourth-order valence-electron chi connectivity index (χ4n) is 4.82. The van der Waals surface area contributed by atoms with E-state index < -0.39 is 115 Å². The number of unbranched alkanes of at least 4 members (excludes halogenated alkanes) is 1. The van der Waals surface area contributed by atoms with E-state index in [1.807, 2.05) is 10.6 Å². The summed E-state index contributed by atoms with van der Waals surface area (Å²) in [6.45, 7) is 0.0820. The summed E-state index contributed by atoms with van der Waals surface area (Å²) in [5.41, 5.74) is 0.624. The number of benzene rings is 1. The van der Waals surface area contributed by atoms with Crippen molar-refractivity contribution in [3.8, 4) is 0 Å². The lowest BCUT2D eigenvalue weighted by molar-refractivity contribution is -0.144. The third-order valence-electron chi connectivity index (χ3n) is 7.71. The van der Waals surface area contributed by atoms with Crippen molar-refractivity contribution in [1.82, 2.24) is 31.9 Å². The lowest BCUT2D eigenvalue weighted by Gasteiger charge is -2.22. The summed E-state index contributed by atoms with van der Waals surface area (Å²) in [5.74, 6) is -12.2. The number of aliphatic carboxylic acids is 6. The fraction of sp³-hybridized carbons (Fsp3) is 0.485. The zero-order valence-corrected chi connectivity index (χ0v) is 31.5. The molecule has 0 aliphatic heterocycles. The molecular weight excluding hydrogens is 798 g/mol. The molecule has 25 heteroatoms. The summed E-state index contributed by atoms with van der Waals surface area (Å²) >= 11 is 3.78. The number of carbonyl (C=O) groups excluding carboxylic acids is 5. The minimum atomic E-state index is -1.84. The Kier molecular flexibility index (Phi) is 21.7. The quantitative estimate of drug-likeness (QED) is 0.0350. The molecule has 1 aromatic carbocycles. The Hall–Kier alpha value is -6.66. The summed E-state index contributed by atoms with van der Waals surface area (Å²) in [6, 6.07) is -3.99. The smallest absolute Gasteiger partial charge is 0.327 e. The highest BCUT2D eigenvalue weighted by Gasteiger charge is 2.32. The van der Waals surface area contributed by atoms with E-state index >= 15 is 0 Å². The normalized spacial score (nSPS) is 13.1. The molecule has 5 atom stereocenters. The van der Waals surface area contributed by atoms with Crippen molar-refractivity contribution in [2.24, 2.45) is 0 Å². The van der Waals surface area contributed by atoms with Crippen LogP contribution >= 0.6 is 12.6 Å². The molecule has 58 heavy (non-hydrogen) atoms. The number of rotatable bonds is 27. The van der Waals surface area contributed by atoms with E-state index in [0.717, 1.165) is 0 Å². The van der Waals surface area contributed by atoms with E-state index in [-0.39, 0.29) is 56.5 Å². The van der Waals surface area contributed by atoms with E-state index in [9.17, 15) is 73.2 Å². The SMILES string of the molecule is O=C(O)CCC[C@H](NC(=O)N[C@@H](CCCCNC(=O)Nc1ccc(CC(=O)N[C@@H](CC(=O)O)C(=O)N[C@@H](CC(=O)O)C(=O)N[C@@H](CS)C(=O)O)cc1)C(=O)O)C(=O)O. The molecule has 320 valence electrons. The average molecular weight is 844 g/mol. The van der Waals surface area contributed by atoms with Crippen LogP contribution in [0.5, 0.6) is 0 Å². The van der Waals surface area contributed by atoms with Crippen molar-refractivity contribution >= 4 is 83.9 Å². The Morgan fingerprint density at radius 1 is 0.534 bits per heavy atom. The van der Waals surface area contributed by atoms with E-state index in [2.05, 4.69) is 39.2 Å². The first kappa shape index (κ1) is 49.4. The Labute approximate surface area is 334 Å². The van der Waals surface area contributed by atoms with Crippen molar-refractivity contribution in [3.63, 3.8) is 0 Å². The molecule has 0 bridgehead atoms. The van der Waals surface area contributed by atoms with Gasteiger partial charge in [-0.2, -0.15) is 12.6 Å². The predicted molar refractivity (Wildman–Crippen MR) is 199 cm³/mol. The van der Waals surface area contributed by atoms with Gasteiger partial charge in [0.2, 0.25) is 17.7 Å². The summed E-state index contributed by atoms with van der Waals surface area (Å²) in [4.78, 5) is 130. The molecule has 0 aliphatic carbocycles. The van der Waals surface area contributed by atoms with Crippen LogP contribution in [0.15, 0.2) is 24.3 Å². The van der Waals surface area contributed by atoms with Gasteiger partial charge in [0.05, 0.1) is 19.3 Å². The van der Waals surface area contributed by atoms with Gasteiger partial charge < -0.3 is 67.9 Å². The van der Waals surface area contributed by atoms with E-state index in [1.165, 1.54) is 24.3 Å². The molecular formula is C33H45N7O17S. The molecule has 0 unspecified atom stereocenters. The number of carboxylic acid groups (broad SMARTS) is 6. The average Bonchev–Trinajstić information content (AvgIpc) is 3.12. The molecule has 0 aromatic heterocycles. The summed E-state index contributed by atoms with van der Waals surface area (Å²) in [6.07, 6.45) is -2.49. The highest BCUT2D eigenvalue weighted by Crippen LogP contribution is 2.11. The van der Waals surface area contributed by atoms with Crippen molar-refractivity contribution in [3.05, 3.63) is 29.8 Å². The van der Waals surface area contributed by atoms with Crippen molar-refractivity contribution < 1.29 is 83.4 Å². The molecule has 0 aliphatic rings. The summed E-state index contributed by atoms with van der Waals surface area (Å²) in [7, 11) is 0. The topological polar surface area (TPSA) is 393 Å². The number of hydrogen-bond donors (Lipinski definition) is 14. The Bertz CT molecular complexity index is 1680. The first-order chi connectivity index (χ1) is 27.2. The van der Waals surface area contributed by atoms with Gasteiger partial charge in [0.25, 0.3) is 0 Å². The van der Waals surface area contributed by atoms with Crippen LogP contribution in [-0.2, 0) is 49.6 Å². The highest BCUT2D eigenvalue weighted by atomic mass is 32.1. The Morgan fingerprint density at radius 3 is 1.48 bits per heavy atom. The monoisotopic (exact) mass is 843 g/mol. The van der Waals surface area contributed by atoms with Gasteiger partial charge in [0.15, 0.2) is 0 Å². The molecule has 0 saturated heterocycles. The van der Waals surface area contributed by atoms with E-state index in [1.54, 1.807) is 0 Å². The van der Waals surface area contributed by atoms with Gasteiger partial charge in [0.1, 0.15) is 30.2 Å². The lowest BCUT2D eigenvalue weighted by Crippen LogP contribution is -2.57. The van der Waals surface area contributed by atoms with Crippen molar-refractivity contribution in [1.29, 1.82) is 0 Å². The maximum Gasteiger partial charge on any atom is 0.327 e. The van der Waals surface area contributed by atoms with Gasteiger partial charge >= 0.3 is 47.9 Å². The largest absolute Gasteiger partial charge is 0.481 e. The molecule has 0 fully saturated rings. The van der Waals surface area contributed by atoms with Gasteiger partial charge in [-0.15, -0.1) is 0 Å². The van der Waals surface area contributed by atoms with Crippen LogP contribution in [0.4, 0.5) is 15.3 Å². The minimum absolute atomic E-state index is 0.0351. The lowest BCUT2D eigenvalue weighted by atomic mass is 10.1. The molecule has 0 saturated carbocycles. The molecule has 0 radical (unpaired) electrons. The number of anilines is 1. The molecule has 1 rings (SSSR count). The van der Waals surface area contributed by atoms with Crippen molar-refractivity contribution in [2.75, 3.05) is 17.6 Å². The van der Waals surface area contributed by atoms with Gasteiger partial charge in [-0.3, -0.25) is 28.8 Å². The van der Waals surface area contributed by atoms with Gasteiger partial charge in [-0.1, -0.05) is 12.1 Å². The van der Waals surface area contributed by atoms with Crippen LogP contribution in [0.1, 0.15) is 56.9 Å². The van der Waals surface area contributed by atoms with Gasteiger partial charge in [-0.05, 0) is 49.8 Å². The second kappa shape index (κ2) is 25.5. The number of hydrogen-bond acceptors (Lipinski definition) is 12. The molecule has 13 N–H and O–H groups in total. The Morgan fingerprint density at radius 2 is 1.02 bits per heavy atom. The van der Waals surface area contributed by atoms with E-state index in [0.29, 0.717) is 5.56 Å². The summed E-state index contributed by atoms with van der Waals surface area (Å²) in [5, 5.41) is 70.5. The standard InChI is InChI=1S/C33H45N7O17S/c41-23(36-20(13-25(44)45)27(48)37-21(14-26(46)47)28(49)38-22(15-58)31(54)55)12-16-7-9-17(10-8-16)35-32(56)34-11-2-1-4-18(29(50)51)39-33(57)40-19(30(52)53)5-3-6-24(42)43/h7-10,18-22,58H,1-6,11-15H2,(H,36,41)(H,37,48)(H,38,49)(H,42,43)(H,44,45)(H,46,47)(H,50,51)(H,52,53)(H,54,55)(H2,34,35,56)(H2,39,40,57)/t18-,19-,20-,21-,22-/m0/s1. The molecule has 0 spiro atoms. The first-order valence-corrected chi connectivity index (χ1v) is 17.9. The minimum Gasteiger partial charge on any atom is -0.481 e. The second-order valence-corrected chi connectivity index (χ2v) is 12.8. The number of carboxylic acids is 6. The molecule has 1 aromatic rings. The maximum atomic E-state index is 12.9. The second-order valence-electron chi connectivity index (χ2n) is 12.4. The van der Waals surface area contributed by atoms with Crippen LogP contribution < -0.4 is 37.2 Å². The highest BCUT2D eigenvalue weighted by molar-refractivity contribution is 7.80. The first-order valence-electron chi connectivity index (χ1n) is 17.3. The summed E-state index contributed by atoms with van der Waals surface area (Å²) < 4.78 is 0. The third kappa shape index (κ3) is 20.3. The number of urea groups is 2. The molecule has 24 nitrogen and oxygen atoms in total. The number of amides is 7. The fourth-order valence-corrected chi connectivity index (χ4v) is 5.06. The Balaban J connectivity index is 2.66. The molecule has 0 heterocycles. The number of carbonyl (C=O) groups is 11. The maximum absolute atomic E-state index is 12.9.